The van der Waals surface area contributed by atoms with E-state index in [0.29, 0.717) is 32.5 Å². The monoisotopic (exact) mass is 993 g/mol. The van der Waals surface area contributed by atoms with Gasteiger partial charge in [-0.3, -0.25) is 19.6 Å². The SMILES string of the molecule is CC(C)(C)OC(=O)N1CCCC12CCN(C(=O)n1ccc(NS(C)(=O)=O)n1)CC2.CC(C)(C)OC(=O)N1CCCC12CCNCC2.CS(=O)(=O)Nc1ccn(C(=O)Oc2ccc([N+](=O)[O-])cc2)n1. The number of ether oxygens (including phenoxy) is 3. The zero-order chi connectivity index (χ0) is 50.3. The maximum Gasteiger partial charge on any atom is 0.440 e. The number of rotatable bonds is 6. The van der Waals surface area contributed by atoms with Crippen LogP contribution in [0.5, 0.6) is 5.75 Å². The minimum absolute atomic E-state index is 0.0388. The molecular weight excluding hydrogens is 931 g/mol. The highest BCUT2D eigenvalue weighted by atomic mass is 32.2. The number of carbonyl (C=O) groups excluding carboxylic acids is 4. The van der Waals surface area contributed by atoms with Crippen molar-refractivity contribution in [2.24, 2.45) is 0 Å². The van der Waals surface area contributed by atoms with Crippen LogP contribution in [0.15, 0.2) is 48.8 Å². The molecular formula is C42H63N11O13S2. The smallest absolute Gasteiger partial charge is 0.440 e. The summed E-state index contributed by atoms with van der Waals surface area (Å²) in [4.78, 5) is 64.8. The summed E-state index contributed by atoms with van der Waals surface area (Å²) in [5.41, 5.74) is -1.28. The van der Waals surface area contributed by atoms with Gasteiger partial charge in [0.15, 0.2) is 11.6 Å². The van der Waals surface area contributed by atoms with Crippen LogP contribution < -0.4 is 19.5 Å². The number of hydrogen-bond donors (Lipinski definition) is 3. The Bertz CT molecular complexity index is 2500. The third kappa shape index (κ3) is 15.0. The van der Waals surface area contributed by atoms with E-state index in [1.165, 1.54) is 48.8 Å². The van der Waals surface area contributed by atoms with Gasteiger partial charge in [-0.25, -0.2) is 36.0 Å². The lowest BCUT2D eigenvalue weighted by molar-refractivity contribution is -0.384. The second-order valence-electron chi connectivity index (χ2n) is 19.1. The second-order valence-corrected chi connectivity index (χ2v) is 22.6. The zero-order valence-corrected chi connectivity index (χ0v) is 41.4. The molecule has 0 unspecified atom stereocenters. The Hall–Kier alpha value is -6.02. The molecule has 0 radical (unpaired) electrons. The quantitative estimate of drug-likeness (QED) is 0.205. The van der Waals surface area contributed by atoms with E-state index in [2.05, 4.69) is 25.0 Å². The van der Waals surface area contributed by atoms with Crippen LogP contribution in [0.3, 0.4) is 0 Å². The van der Waals surface area contributed by atoms with E-state index in [0.717, 1.165) is 80.0 Å². The maximum atomic E-state index is 12.7. The van der Waals surface area contributed by atoms with E-state index in [-0.39, 0.29) is 52.4 Å². The van der Waals surface area contributed by atoms with Crippen molar-refractivity contribution in [3.63, 3.8) is 0 Å². The lowest BCUT2D eigenvalue weighted by Crippen LogP contribution is -2.56. The average molecular weight is 994 g/mol. The van der Waals surface area contributed by atoms with Crippen molar-refractivity contribution in [2.75, 3.05) is 61.2 Å². The topological polar surface area (TPSA) is 289 Å². The van der Waals surface area contributed by atoms with Gasteiger partial charge in [0.05, 0.1) is 17.4 Å². The van der Waals surface area contributed by atoms with Gasteiger partial charge in [-0.1, -0.05) is 0 Å². The highest BCUT2D eigenvalue weighted by Gasteiger charge is 2.48. The first-order valence-electron chi connectivity index (χ1n) is 22.1. The molecule has 4 aliphatic heterocycles. The number of amides is 3. The number of benzene rings is 1. The van der Waals surface area contributed by atoms with Crippen molar-refractivity contribution in [3.8, 4) is 5.75 Å². The van der Waals surface area contributed by atoms with Crippen molar-refractivity contribution in [1.82, 2.24) is 39.6 Å². The largest absolute Gasteiger partial charge is 0.444 e. The number of likely N-dealkylation sites (tertiary alicyclic amines) is 3. The van der Waals surface area contributed by atoms with Crippen molar-refractivity contribution in [3.05, 3.63) is 58.9 Å². The minimum atomic E-state index is -3.50. The number of non-ortho nitro benzene ring substituents is 1. The van der Waals surface area contributed by atoms with Crippen molar-refractivity contribution < 1.29 is 55.1 Å². The fourth-order valence-corrected chi connectivity index (χ4v) is 9.38. The lowest BCUT2D eigenvalue weighted by atomic mass is 9.85. The normalized spacial score (nSPS) is 17.9. The molecule has 0 atom stereocenters. The third-order valence-electron chi connectivity index (χ3n) is 11.3. The molecule has 0 bridgehead atoms. The van der Waals surface area contributed by atoms with Gasteiger partial charge in [0.1, 0.15) is 17.0 Å². The summed E-state index contributed by atoms with van der Waals surface area (Å²) >= 11 is 0. The molecule has 4 fully saturated rings. The Labute approximate surface area is 396 Å². The summed E-state index contributed by atoms with van der Waals surface area (Å²) in [7, 11) is -6.96. The summed E-state index contributed by atoms with van der Waals surface area (Å²) in [5.74, 6) is 0.146. The molecule has 3 amide bonds. The summed E-state index contributed by atoms with van der Waals surface area (Å²) < 4.78 is 66.9. The molecule has 2 aromatic heterocycles. The molecule has 0 aliphatic carbocycles. The highest BCUT2D eigenvalue weighted by Crippen LogP contribution is 2.40. The van der Waals surface area contributed by atoms with Crippen LogP contribution in [0.2, 0.25) is 0 Å². The molecule has 7 rings (SSSR count). The Morgan fingerprint density at radius 2 is 1.10 bits per heavy atom. The van der Waals surface area contributed by atoms with Crippen LogP contribution in [0, 0.1) is 10.1 Å². The van der Waals surface area contributed by atoms with Gasteiger partial charge in [-0.2, -0.15) is 9.36 Å². The summed E-state index contributed by atoms with van der Waals surface area (Å²) in [6, 6.07) is 7.28. The number of piperidine rings is 2. The molecule has 26 heteroatoms. The molecule has 6 heterocycles. The Morgan fingerprint density at radius 3 is 1.54 bits per heavy atom. The van der Waals surface area contributed by atoms with Crippen LogP contribution in [-0.2, 0) is 29.5 Å². The number of aromatic nitrogens is 4. The van der Waals surface area contributed by atoms with Crippen LogP contribution in [-0.4, -0.2) is 154 Å². The molecule has 4 saturated heterocycles. The third-order valence-corrected chi connectivity index (χ3v) is 12.5. The van der Waals surface area contributed by atoms with Crippen LogP contribution in [0.1, 0.15) is 92.9 Å². The zero-order valence-electron chi connectivity index (χ0n) is 39.7. The first-order chi connectivity index (χ1) is 31.6. The van der Waals surface area contributed by atoms with Gasteiger partial charge in [0.25, 0.3) is 5.69 Å². The Morgan fingerprint density at radius 1 is 0.662 bits per heavy atom. The van der Waals surface area contributed by atoms with Crippen LogP contribution in [0.25, 0.3) is 0 Å². The highest BCUT2D eigenvalue weighted by molar-refractivity contribution is 7.92. The Kier molecular flexibility index (Phi) is 16.4. The molecule has 68 heavy (non-hydrogen) atoms. The van der Waals surface area contributed by atoms with Crippen LogP contribution in [0.4, 0.5) is 36.5 Å². The average Bonchev–Trinajstić information content (AvgIpc) is 4.05. The first-order valence-corrected chi connectivity index (χ1v) is 25.9. The van der Waals surface area contributed by atoms with Crippen molar-refractivity contribution in [2.45, 2.75) is 115 Å². The van der Waals surface area contributed by atoms with Crippen molar-refractivity contribution in [1.29, 1.82) is 0 Å². The number of nitrogens with zero attached hydrogens (tertiary/aromatic N) is 8. The molecule has 1 aromatic carbocycles. The van der Waals surface area contributed by atoms with E-state index < -0.39 is 42.3 Å². The number of nitro benzene ring substituents is 1. The Balaban J connectivity index is 0.000000198. The van der Waals surface area contributed by atoms with Gasteiger partial charge < -0.3 is 34.2 Å². The number of sulfonamides is 2. The van der Waals surface area contributed by atoms with E-state index in [4.69, 9.17) is 14.2 Å². The predicted octanol–water partition coefficient (Wildman–Crippen LogP) is 5.44. The molecule has 376 valence electrons. The number of nitro groups is 1. The molecule has 3 N–H and O–H groups in total. The summed E-state index contributed by atoms with van der Waals surface area (Å²) in [6.07, 6.45) is 10.8. The maximum absolute atomic E-state index is 12.7. The number of hydrogen-bond acceptors (Lipinski definition) is 16. The lowest BCUT2D eigenvalue weighted by Gasteiger charge is -2.44. The fourth-order valence-electron chi connectivity index (χ4n) is 8.40. The predicted molar refractivity (Wildman–Crippen MR) is 249 cm³/mol. The number of carbonyl (C=O) groups is 4. The van der Waals surface area contributed by atoms with Gasteiger partial charge in [-0.05, 0) is 118 Å². The number of anilines is 2. The molecule has 2 spiro atoms. The first kappa shape index (κ1) is 52.9. The van der Waals surface area contributed by atoms with E-state index >= 15 is 0 Å². The van der Waals surface area contributed by atoms with E-state index in [1.54, 1.807) is 4.90 Å². The molecule has 24 nitrogen and oxygen atoms in total. The second kappa shape index (κ2) is 21.1. The van der Waals surface area contributed by atoms with Gasteiger partial charge in [0.2, 0.25) is 20.0 Å². The molecule has 3 aromatic rings. The van der Waals surface area contributed by atoms with Gasteiger partial charge >= 0.3 is 24.3 Å². The molecule has 0 saturated carbocycles. The van der Waals surface area contributed by atoms with Crippen LogP contribution >= 0.6 is 0 Å². The van der Waals surface area contributed by atoms with Gasteiger partial charge in [-0.15, -0.1) is 10.2 Å². The standard InChI is InChI=1S/C18H29N5O5S.C13H24N2O2.C11H10N4O6S/c1-17(2,3)28-16(25)22-10-5-7-18(22)8-12-21(13-9-18)15(24)23-11-6-14(19-23)20-29(4,26)27;1-12(2,3)17-11(16)15-10-4-5-13(15)6-8-14-9-7-13;1-22(19,20)13-10-6-7-14(12-10)11(16)21-9-4-2-8(3-5-9)15(17)18/h6,11H,5,7-10,12-13H2,1-4H3,(H,19,20);14H,4-10H2,1-3H3;2-7H,1H3,(H,12,13). The fraction of sp³-hybridized carbons (Fsp3) is 0.619. The van der Waals surface area contributed by atoms with E-state index in [1.807, 2.05) is 51.3 Å². The number of nitrogens with one attached hydrogen (secondary N) is 3. The molecule has 4 aliphatic rings. The van der Waals surface area contributed by atoms with Gasteiger partial charge in [0, 0.05) is 73.9 Å². The summed E-state index contributed by atoms with van der Waals surface area (Å²) in [5, 5.41) is 21.5. The minimum Gasteiger partial charge on any atom is -0.444 e. The van der Waals surface area contributed by atoms with E-state index in [9.17, 15) is 46.1 Å². The van der Waals surface area contributed by atoms with Crippen molar-refractivity contribution >= 4 is 61.7 Å². The summed E-state index contributed by atoms with van der Waals surface area (Å²) in [6.45, 7) is 15.9.